The molecule has 1 aromatic heterocycles. The molecule has 0 amide bonds. The Morgan fingerprint density at radius 3 is 2.81 bits per heavy atom. The van der Waals surface area contributed by atoms with Crippen LogP contribution in [0.15, 0.2) is 12.5 Å². The Labute approximate surface area is 132 Å². The molecule has 1 aromatic rings. The molecule has 2 saturated heterocycles. The summed E-state index contributed by atoms with van der Waals surface area (Å²) in [7, 11) is 0. The maximum Gasteiger partial charge on any atom is 0.150 e. The first-order valence-corrected chi connectivity index (χ1v) is 8.53. The van der Waals surface area contributed by atoms with Crippen molar-refractivity contribution in [3.63, 3.8) is 0 Å². The van der Waals surface area contributed by atoms with Gasteiger partial charge in [0.25, 0.3) is 0 Å². The molecule has 2 fully saturated rings. The number of aromatic nitrogens is 2. The van der Waals surface area contributed by atoms with E-state index >= 15 is 0 Å². The minimum Gasteiger partial charge on any atom is -0.355 e. The van der Waals surface area contributed by atoms with Crippen LogP contribution in [0.3, 0.4) is 0 Å². The summed E-state index contributed by atoms with van der Waals surface area (Å²) in [5.74, 6) is 2.55. The quantitative estimate of drug-likeness (QED) is 0.859. The highest BCUT2D eigenvalue weighted by Crippen LogP contribution is 2.28. The van der Waals surface area contributed by atoms with Gasteiger partial charge in [-0.1, -0.05) is 18.5 Å². The first-order chi connectivity index (χ1) is 10.2. The standard InChI is InChI=1S/C16H25ClN4/c1-13-4-7-20(8-5-13)10-14-3-2-6-21(11-14)16-15(17)9-18-12-19-16/h9,12-14H,2-8,10-11H2,1H3. The number of hydrogen-bond donors (Lipinski definition) is 0. The zero-order valence-electron chi connectivity index (χ0n) is 12.8. The van der Waals surface area contributed by atoms with E-state index in [9.17, 15) is 0 Å². The van der Waals surface area contributed by atoms with E-state index in [0.717, 1.165) is 30.7 Å². The monoisotopic (exact) mass is 308 g/mol. The molecule has 2 aliphatic heterocycles. The van der Waals surface area contributed by atoms with Gasteiger partial charge in [-0.2, -0.15) is 0 Å². The molecule has 0 N–H and O–H groups in total. The predicted octanol–water partition coefficient (Wildman–Crippen LogP) is 3.08. The second kappa shape index (κ2) is 6.93. The zero-order valence-corrected chi connectivity index (χ0v) is 13.6. The first-order valence-electron chi connectivity index (χ1n) is 8.15. The van der Waals surface area contributed by atoms with Crippen molar-refractivity contribution in [3.05, 3.63) is 17.5 Å². The van der Waals surface area contributed by atoms with Crippen molar-refractivity contribution in [3.8, 4) is 0 Å². The van der Waals surface area contributed by atoms with Gasteiger partial charge in [-0.05, 0) is 50.6 Å². The molecule has 3 heterocycles. The molecule has 21 heavy (non-hydrogen) atoms. The number of nitrogens with zero attached hydrogens (tertiary/aromatic N) is 4. The topological polar surface area (TPSA) is 32.3 Å². The Kier molecular flexibility index (Phi) is 4.96. The number of likely N-dealkylation sites (tertiary alicyclic amines) is 1. The van der Waals surface area contributed by atoms with E-state index in [0.29, 0.717) is 5.02 Å². The summed E-state index contributed by atoms with van der Waals surface area (Å²) in [4.78, 5) is 13.3. The molecule has 1 atom stereocenters. The molecule has 0 aromatic carbocycles. The van der Waals surface area contributed by atoms with Crippen molar-refractivity contribution in [2.24, 2.45) is 11.8 Å². The fourth-order valence-electron chi connectivity index (χ4n) is 3.56. The van der Waals surface area contributed by atoms with E-state index < -0.39 is 0 Å². The predicted molar refractivity (Wildman–Crippen MR) is 86.8 cm³/mol. The fourth-order valence-corrected chi connectivity index (χ4v) is 3.78. The van der Waals surface area contributed by atoms with Crippen LogP contribution in [0, 0.1) is 11.8 Å². The average molecular weight is 309 g/mol. The normalized spacial score (nSPS) is 25.2. The lowest BCUT2D eigenvalue weighted by Crippen LogP contribution is -2.43. The van der Waals surface area contributed by atoms with Crippen molar-refractivity contribution < 1.29 is 0 Å². The van der Waals surface area contributed by atoms with Crippen molar-refractivity contribution in [2.45, 2.75) is 32.6 Å². The van der Waals surface area contributed by atoms with E-state index in [1.807, 2.05) is 0 Å². The summed E-state index contributed by atoms with van der Waals surface area (Å²) in [5, 5.41) is 0.671. The minimum absolute atomic E-state index is 0.671. The molecule has 0 aliphatic carbocycles. The fraction of sp³-hybridized carbons (Fsp3) is 0.750. The lowest BCUT2D eigenvalue weighted by atomic mass is 9.94. The third kappa shape index (κ3) is 3.86. The van der Waals surface area contributed by atoms with E-state index in [1.54, 1.807) is 12.5 Å². The Hall–Kier alpha value is -0.870. The van der Waals surface area contributed by atoms with Crippen LogP contribution < -0.4 is 4.90 Å². The van der Waals surface area contributed by atoms with Crippen LogP contribution >= 0.6 is 11.6 Å². The molecule has 0 bridgehead atoms. The lowest BCUT2D eigenvalue weighted by molar-refractivity contribution is 0.159. The van der Waals surface area contributed by atoms with Crippen molar-refractivity contribution in [1.29, 1.82) is 0 Å². The third-order valence-corrected chi connectivity index (χ3v) is 5.13. The van der Waals surface area contributed by atoms with Crippen LogP contribution in [0.25, 0.3) is 0 Å². The second-order valence-electron chi connectivity index (χ2n) is 6.63. The van der Waals surface area contributed by atoms with Crippen molar-refractivity contribution >= 4 is 17.4 Å². The van der Waals surface area contributed by atoms with Gasteiger partial charge in [-0.15, -0.1) is 0 Å². The summed E-state index contributed by atoms with van der Waals surface area (Å²) < 4.78 is 0. The van der Waals surface area contributed by atoms with Gasteiger partial charge in [0.1, 0.15) is 11.3 Å². The molecule has 0 radical (unpaired) electrons. The molecular formula is C16H25ClN4. The van der Waals surface area contributed by atoms with E-state index in [1.165, 1.54) is 45.3 Å². The number of halogens is 1. The van der Waals surface area contributed by atoms with Gasteiger partial charge in [0.2, 0.25) is 0 Å². The molecule has 5 heteroatoms. The van der Waals surface area contributed by atoms with Crippen LogP contribution in [0.5, 0.6) is 0 Å². The highest BCUT2D eigenvalue weighted by atomic mass is 35.5. The van der Waals surface area contributed by atoms with Gasteiger partial charge in [0.15, 0.2) is 5.82 Å². The van der Waals surface area contributed by atoms with Crippen LogP contribution in [0.4, 0.5) is 5.82 Å². The highest BCUT2D eigenvalue weighted by molar-refractivity contribution is 6.32. The Morgan fingerprint density at radius 1 is 1.24 bits per heavy atom. The van der Waals surface area contributed by atoms with Gasteiger partial charge in [-0.25, -0.2) is 9.97 Å². The van der Waals surface area contributed by atoms with E-state index in [-0.39, 0.29) is 0 Å². The first kappa shape index (κ1) is 15.0. The van der Waals surface area contributed by atoms with Crippen LogP contribution in [0.2, 0.25) is 5.02 Å². The maximum absolute atomic E-state index is 6.24. The molecular weight excluding hydrogens is 284 g/mol. The highest BCUT2D eigenvalue weighted by Gasteiger charge is 2.25. The minimum atomic E-state index is 0.671. The molecule has 2 aliphatic rings. The Balaban J connectivity index is 1.57. The lowest BCUT2D eigenvalue weighted by Gasteiger charge is -2.38. The van der Waals surface area contributed by atoms with E-state index in [2.05, 4.69) is 26.7 Å². The molecule has 0 saturated carbocycles. The number of rotatable bonds is 3. The van der Waals surface area contributed by atoms with Crippen LogP contribution in [-0.4, -0.2) is 47.6 Å². The third-order valence-electron chi connectivity index (χ3n) is 4.86. The van der Waals surface area contributed by atoms with Gasteiger partial charge >= 0.3 is 0 Å². The molecule has 1 unspecified atom stereocenters. The van der Waals surface area contributed by atoms with Gasteiger partial charge in [0.05, 0.1) is 6.20 Å². The average Bonchev–Trinajstić information content (AvgIpc) is 2.50. The van der Waals surface area contributed by atoms with Gasteiger partial charge in [-0.3, -0.25) is 0 Å². The largest absolute Gasteiger partial charge is 0.355 e. The maximum atomic E-state index is 6.24. The zero-order chi connectivity index (χ0) is 14.7. The summed E-state index contributed by atoms with van der Waals surface area (Å²) in [5.41, 5.74) is 0. The molecule has 0 spiro atoms. The summed E-state index contributed by atoms with van der Waals surface area (Å²) in [6.07, 6.45) is 8.55. The van der Waals surface area contributed by atoms with Crippen LogP contribution in [-0.2, 0) is 0 Å². The molecule has 4 nitrogen and oxygen atoms in total. The van der Waals surface area contributed by atoms with Crippen molar-refractivity contribution in [2.75, 3.05) is 37.6 Å². The number of piperidine rings is 2. The Morgan fingerprint density at radius 2 is 2.05 bits per heavy atom. The molecule has 3 rings (SSSR count). The van der Waals surface area contributed by atoms with Gasteiger partial charge < -0.3 is 9.80 Å². The summed E-state index contributed by atoms with van der Waals surface area (Å²) in [6.45, 7) is 8.27. The number of anilines is 1. The second-order valence-corrected chi connectivity index (χ2v) is 7.04. The summed E-state index contributed by atoms with van der Waals surface area (Å²) >= 11 is 6.24. The van der Waals surface area contributed by atoms with Crippen molar-refractivity contribution in [1.82, 2.24) is 14.9 Å². The smallest absolute Gasteiger partial charge is 0.150 e. The molecule has 116 valence electrons. The van der Waals surface area contributed by atoms with Crippen LogP contribution in [0.1, 0.15) is 32.6 Å². The summed E-state index contributed by atoms with van der Waals surface area (Å²) in [6, 6.07) is 0. The van der Waals surface area contributed by atoms with Gasteiger partial charge in [0, 0.05) is 19.6 Å². The Bertz CT molecular complexity index is 459. The van der Waals surface area contributed by atoms with E-state index in [4.69, 9.17) is 11.6 Å². The SMILES string of the molecule is CC1CCN(CC2CCCN(c3ncncc3Cl)C2)CC1. The number of hydrogen-bond acceptors (Lipinski definition) is 4.